The summed E-state index contributed by atoms with van der Waals surface area (Å²) < 4.78 is 0. The highest BCUT2D eigenvalue weighted by Gasteiger charge is 2.39. The average Bonchev–Trinajstić information content (AvgIpc) is 2.32. The monoisotopic (exact) mass is 164 g/mol. The third-order valence-corrected chi connectivity index (χ3v) is 2.95. The van der Waals surface area contributed by atoms with Gasteiger partial charge in [-0.25, -0.2) is 0 Å². The number of rotatable bonds is 1. The molecule has 0 radical (unpaired) electrons. The summed E-state index contributed by atoms with van der Waals surface area (Å²) in [4.78, 5) is 13.4. The van der Waals surface area contributed by atoms with Crippen LogP contribution in [0, 0.1) is 11.3 Å². The van der Waals surface area contributed by atoms with Crippen molar-refractivity contribution in [3.8, 4) is 6.07 Å². The summed E-state index contributed by atoms with van der Waals surface area (Å²) in [5.41, 5.74) is 0. The van der Waals surface area contributed by atoms with Gasteiger partial charge in [0.2, 0.25) is 0 Å². The van der Waals surface area contributed by atoms with E-state index in [1.807, 2.05) is 0 Å². The Bertz CT molecular complexity index is 227. The number of nitrogens with zero attached hydrogens (tertiary/aromatic N) is 2. The van der Waals surface area contributed by atoms with Crippen LogP contribution in [0.25, 0.3) is 0 Å². The van der Waals surface area contributed by atoms with E-state index in [1.165, 1.54) is 0 Å². The topological polar surface area (TPSA) is 44.1 Å². The fourth-order valence-corrected chi connectivity index (χ4v) is 2.40. The Hall–Kier alpha value is -0.880. The second-order valence-electron chi connectivity index (χ2n) is 3.66. The van der Waals surface area contributed by atoms with Gasteiger partial charge < -0.3 is 0 Å². The van der Waals surface area contributed by atoms with Crippen LogP contribution in [0.1, 0.15) is 25.7 Å². The first-order valence-electron chi connectivity index (χ1n) is 4.45. The Kier molecular flexibility index (Phi) is 1.86. The zero-order chi connectivity index (χ0) is 8.55. The molecule has 2 aliphatic rings. The van der Waals surface area contributed by atoms with Crippen LogP contribution in [-0.4, -0.2) is 29.3 Å². The van der Waals surface area contributed by atoms with Crippen molar-refractivity contribution < 1.29 is 4.79 Å². The Balaban J connectivity index is 2.10. The molecule has 0 spiro atoms. The Morgan fingerprint density at radius 1 is 1.42 bits per heavy atom. The minimum absolute atomic E-state index is 0.385. The van der Waals surface area contributed by atoms with E-state index in [0.29, 0.717) is 37.3 Å². The molecule has 2 heterocycles. The van der Waals surface area contributed by atoms with E-state index in [2.05, 4.69) is 11.0 Å². The number of hydrogen-bond donors (Lipinski definition) is 0. The van der Waals surface area contributed by atoms with Crippen LogP contribution in [0.3, 0.4) is 0 Å². The summed E-state index contributed by atoms with van der Waals surface area (Å²) in [6.45, 7) is 0.503. The predicted molar refractivity (Wildman–Crippen MR) is 43.4 cm³/mol. The van der Waals surface area contributed by atoms with Gasteiger partial charge in [-0.1, -0.05) is 0 Å². The minimum Gasteiger partial charge on any atom is -0.300 e. The molecule has 0 unspecified atom stereocenters. The molecule has 0 amide bonds. The molecule has 0 aromatic carbocycles. The molecule has 0 saturated carbocycles. The summed E-state index contributed by atoms with van der Waals surface area (Å²) in [5.74, 6) is 0.386. The summed E-state index contributed by atoms with van der Waals surface area (Å²) >= 11 is 0. The van der Waals surface area contributed by atoms with Crippen molar-refractivity contribution >= 4 is 5.78 Å². The maximum Gasteiger partial charge on any atom is 0.136 e. The van der Waals surface area contributed by atoms with E-state index >= 15 is 0 Å². The summed E-state index contributed by atoms with van der Waals surface area (Å²) in [5, 5.41) is 8.57. The van der Waals surface area contributed by atoms with Gasteiger partial charge in [0.1, 0.15) is 5.78 Å². The van der Waals surface area contributed by atoms with E-state index in [4.69, 9.17) is 5.26 Å². The minimum atomic E-state index is 0.385. The Labute approximate surface area is 72.0 Å². The number of hydrogen-bond acceptors (Lipinski definition) is 3. The largest absolute Gasteiger partial charge is 0.300 e. The third-order valence-electron chi connectivity index (χ3n) is 2.95. The highest BCUT2D eigenvalue weighted by molar-refractivity contribution is 5.80. The second-order valence-corrected chi connectivity index (χ2v) is 3.66. The lowest BCUT2D eigenvalue weighted by Gasteiger charge is -2.31. The normalized spacial score (nSPS) is 35.1. The zero-order valence-corrected chi connectivity index (χ0v) is 6.99. The van der Waals surface area contributed by atoms with Crippen LogP contribution in [0.2, 0.25) is 0 Å². The number of Topliss-reactive ketones (excluding diaryl/α,β-unsaturated/α-hetero) is 1. The summed E-state index contributed by atoms with van der Waals surface area (Å²) in [6, 6.07) is 2.94. The molecule has 0 aliphatic carbocycles. The molecule has 0 aromatic heterocycles. The lowest BCUT2D eigenvalue weighted by Crippen LogP contribution is -2.43. The van der Waals surface area contributed by atoms with Crippen molar-refractivity contribution in [2.75, 3.05) is 6.54 Å². The number of carbonyl (C=O) groups excluding carboxylic acids is 1. The van der Waals surface area contributed by atoms with Gasteiger partial charge in [-0.2, -0.15) is 5.26 Å². The van der Waals surface area contributed by atoms with E-state index < -0.39 is 0 Å². The number of fused-ring (bicyclic) bond motifs is 2. The van der Waals surface area contributed by atoms with Crippen LogP contribution in [0.5, 0.6) is 0 Å². The summed E-state index contributed by atoms with van der Waals surface area (Å²) in [7, 11) is 0. The van der Waals surface area contributed by atoms with Gasteiger partial charge >= 0.3 is 0 Å². The van der Waals surface area contributed by atoms with Gasteiger partial charge in [-0.15, -0.1) is 0 Å². The Morgan fingerprint density at radius 2 is 2.00 bits per heavy atom. The first kappa shape index (κ1) is 7.75. The van der Waals surface area contributed by atoms with E-state index in [-0.39, 0.29) is 0 Å². The van der Waals surface area contributed by atoms with Crippen molar-refractivity contribution in [1.82, 2.24) is 4.90 Å². The molecule has 2 aliphatic heterocycles. The molecule has 0 N–H and O–H groups in total. The average molecular weight is 164 g/mol. The van der Waals surface area contributed by atoms with Gasteiger partial charge in [-0.05, 0) is 12.8 Å². The molecule has 0 aromatic rings. The number of ketones is 1. The molecule has 2 atom stereocenters. The lowest BCUT2D eigenvalue weighted by molar-refractivity contribution is -0.123. The molecular formula is C9H12N2O. The fourth-order valence-electron chi connectivity index (χ4n) is 2.40. The zero-order valence-electron chi connectivity index (χ0n) is 6.99. The highest BCUT2D eigenvalue weighted by atomic mass is 16.1. The number of piperidine rings is 1. The first-order valence-corrected chi connectivity index (χ1v) is 4.45. The van der Waals surface area contributed by atoms with Crippen molar-refractivity contribution in [3.05, 3.63) is 0 Å². The molecule has 2 bridgehead atoms. The molecule has 2 fully saturated rings. The molecule has 3 heteroatoms. The van der Waals surface area contributed by atoms with Crippen molar-refractivity contribution in [1.29, 1.82) is 5.26 Å². The molecule has 3 nitrogen and oxygen atoms in total. The van der Waals surface area contributed by atoms with Gasteiger partial charge in [0, 0.05) is 24.9 Å². The molecular weight excluding hydrogens is 152 g/mol. The molecule has 64 valence electrons. The van der Waals surface area contributed by atoms with Crippen LogP contribution in [0.15, 0.2) is 0 Å². The number of nitriles is 1. The highest BCUT2D eigenvalue weighted by Crippen LogP contribution is 2.33. The van der Waals surface area contributed by atoms with E-state index in [0.717, 1.165) is 12.8 Å². The van der Waals surface area contributed by atoms with Crippen molar-refractivity contribution in [3.63, 3.8) is 0 Å². The van der Waals surface area contributed by atoms with E-state index in [9.17, 15) is 4.79 Å². The van der Waals surface area contributed by atoms with Gasteiger partial charge in [-0.3, -0.25) is 9.69 Å². The van der Waals surface area contributed by atoms with E-state index in [1.54, 1.807) is 0 Å². The molecule has 2 rings (SSSR count). The van der Waals surface area contributed by atoms with Gasteiger partial charge in [0.25, 0.3) is 0 Å². The van der Waals surface area contributed by atoms with Crippen molar-refractivity contribution in [2.24, 2.45) is 0 Å². The predicted octanol–water partition coefficient (Wildman–Crippen LogP) is 0.706. The molecule has 12 heavy (non-hydrogen) atoms. The second kappa shape index (κ2) is 2.87. The SMILES string of the molecule is N#CCN1[C@@H]2CC[C@H]1CC(=O)C2. The van der Waals surface area contributed by atoms with Crippen LogP contribution in [0.4, 0.5) is 0 Å². The van der Waals surface area contributed by atoms with Gasteiger partial charge in [0.05, 0.1) is 12.6 Å². The quantitative estimate of drug-likeness (QED) is 0.536. The van der Waals surface area contributed by atoms with Crippen LogP contribution >= 0.6 is 0 Å². The van der Waals surface area contributed by atoms with Crippen LogP contribution < -0.4 is 0 Å². The Morgan fingerprint density at radius 3 is 2.50 bits per heavy atom. The van der Waals surface area contributed by atoms with Crippen molar-refractivity contribution in [2.45, 2.75) is 37.8 Å². The molecule has 2 saturated heterocycles. The maximum absolute atomic E-state index is 11.2. The maximum atomic E-state index is 11.2. The fraction of sp³-hybridized carbons (Fsp3) is 0.778. The number of carbonyl (C=O) groups is 1. The van der Waals surface area contributed by atoms with Crippen LogP contribution in [-0.2, 0) is 4.79 Å². The first-order chi connectivity index (χ1) is 5.81. The lowest BCUT2D eigenvalue weighted by atomic mass is 10.0. The summed E-state index contributed by atoms with van der Waals surface area (Å²) in [6.07, 6.45) is 3.58. The van der Waals surface area contributed by atoms with Gasteiger partial charge in [0.15, 0.2) is 0 Å². The standard InChI is InChI=1S/C9H12N2O/c10-3-4-11-7-1-2-8(11)6-9(12)5-7/h7-8H,1-2,4-6H2/t7-,8+. The third kappa shape index (κ3) is 1.12. The smallest absolute Gasteiger partial charge is 0.136 e.